The van der Waals surface area contributed by atoms with Gasteiger partial charge in [-0.15, -0.1) is 10.2 Å². The van der Waals surface area contributed by atoms with Gasteiger partial charge in [-0.05, 0) is 27.3 Å². The number of hydrogen-bond acceptors (Lipinski definition) is 6. The maximum absolute atomic E-state index is 4.45. The minimum atomic E-state index is 0.547. The van der Waals surface area contributed by atoms with Gasteiger partial charge in [-0.1, -0.05) is 0 Å². The van der Waals surface area contributed by atoms with Crippen LogP contribution in [0.5, 0.6) is 0 Å². The van der Waals surface area contributed by atoms with Gasteiger partial charge in [-0.3, -0.25) is 19.8 Å². The molecule has 0 bridgehead atoms. The zero-order chi connectivity index (χ0) is 16.4. The van der Waals surface area contributed by atoms with Gasteiger partial charge in [-0.2, -0.15) is 0 Å². The molecule has 0 aliphatic carbocycles. The molecule has 23 heavy (non-hydrogen) atoms. The van der Waals surface area contributed by atoms with Crippen molar-refractivity contribution in [2.24, 2.45) is 7.05 Å². The van der Waals surface area contributed by atoms with E-state index in [4.69, 9.17) is 0 Å². The first-order valence-corrected chi connectivity index (χ1v) is 8.08. The Bertz CT molecular complexity index is 649. The van der Waals surface area contributed by atoms with Crippen molar-refractivity contribution in [3.05, 3.63) is 35.4 Å². The van der Waals surface area contributed by atoms with Crippen LogP contribution >= 0.6 is 0 Å². The molecule has 0 saturated carbocycles. The Morgan fingerprint density at radius 1 is 1.22 bits per heavy atom. The molecule has 0 aromatic carbocycles. The minimum Gasteiger partial charge on any atom is -0.317 e. The molecule has 3 rings (SSSR count). The van der Waals surface area contributed by atoms with E-state index < -0.39 is 0 Å². The fourth-order valence-corrected chi connectivity index (χ4v) is 2.99. The molecule has 3 heterocycles. The summed E-state index contributed by atoms with van der Waals surface area (Å²) in [5, 5.41) is 8.40. The number of nitrogens with zero attached hydrogens (tertiary/aromatic N) is 7. The van der Waals surface area contributed by atoms with Gasteiger partial charge in [0.25, 0.3) is 0 Å². The molecule has 0 N–H and O–H groups in total. The van der Waals surface area contributed by atoms with Crippen LogP contribution in [-0.2, 0) is 20.1 Å². The van der Waals surface area contributed by atoms with Crippen molar-refractivity contribution in [2.75, 3.05) is 20.1 Å². The average molecular weight is 315 g/mol. The second-order valence-electron chi connectivity index (χ2n) is 6.46. The number of likely N-dealkylation sites (N-methyl/N-ethyl adjacent to an activating group) is 1. The Morgan fingerprint density at radius 2 is 2.04 bits per heavy atom. The minimum absolute atomic E-state index is 0.547. The van der Waals surface area contributed by atoms with E-state index in [9.17, 15) is 0 Å². The lowest BCUT2D eigenvalue weighted by atomic mass is 10.2. The Labute approximate surface area is 137 Å². The molecular weight excluding hydrogens is 290 g/mol. The van der Waals surface area contributed by atoms with E-state index in [2.05, 4.69) is 41.6 Å². The van der Waals surface area contributed by atoms with E-state index in [0.717, 1.165) is 49.2 Å². The molecule has 1 aliphatic heterocycles. The predicted octanol–water partition coefficient (Wildman–Crippen LogP) is 0.928. The molecule has 7 nitrogen and oxygen atoms in total. The third-order valence-corrected chi connectivity index (χ3v) is 4.66. The maximum Gasteiger partial charge on any atom is 0.146 e. The maximum atomic E-state index is 4.45. The van der Waals surface area contributed by atoms with E-state index >= 15 is 0 Å². The smallest absolute Gasteiger partial charge is 0.146 e. The van der Waals surface area contributed by atoms with Crippen LogP contribution in [0.1, 0.15) is 29.5 Å². The molecule has 1 saturated heterocycles. The highest BCUT2D eigenvalue weighted by Gasteiger charge is 2.26. The van der Waals surface area contributed by atoms with Crippen molar-refractivity contribution >= 4 is 0 Å². The Balaban J connectivity index is 1.54. The molecule has 0 spiro atoms. The second-order valence-corrected chi connectivity index (χ2v) is 6.46. The van der Waals surface area contributed by atoms with E-state index in [1.54, 1.807) is 0 Å². The van der Waals surface area contributed by atoms with Crippen LogP contribution in [0.25, 0.3) is 0 Å². The van der Waals surface area contributed by atoms with Crippen molar-refractivity contribution in [3.63, 3.8) is 0 Å². The van der Waals surface area contributed by atoms with Gasteiger partial charge < -0.3 is 4.57 Å². The van der Waals surface area contributed by atoms with Crippen LogP contribution in [0.15, 0.2) is 12.4 Å². The monoisotopic (exact) mass is 315 g/mol. The van der Waals surface area contributed by atoms with Crippen molar-refractivity contribution in [1.82, 2.24) is 34.5 Å². The molecule has 124 valence electrons. The molecule has 1 aliphatic rings. The number of rotatable bonds is 5. The molecule has 1 fully saturated rings. The van der Waals surface area contributed by atoms with Gasteiger partial charge in [0.1, 0.15) is 11.6 Å². The third kappa shape index (κ3) is 3.73. The van der Waals surface area contributed by atoms with Crippen LogP contribution in [0.3, 0.4) is 0 Å². The van der Waals surface area contributed by atoms with Crippen LogP contribution in [-0.4, -0.2) is 60.7 Å². The van der Waals surface area contributed by atoms with E-state index in [-0.39, 0.29) is 0 Å². The summed E-state index contributed by atoms with van der Waals surface area (Å²) in [7, 11) is 4.19. The molecule has 2 aromatic heterocycles. The van der Waals surface area contributed by atoms with Crippen molar-refractivity contribution in [1.29, 1.82) is 0 Å². The van der Waals surface area contributed by atoms with E-state index in [1.807, 2.05) is 33.3 Å². The van der Waals surface area contributed by atoms with Crippen LogP contribution < -0.4 is 0 Å². The van der Waals surface area contributed by atoms with Crippen LogP contribution in [0.4, 0.5) is 0 Å². The quantitative estimate of drug-likeness (QED) is 0.818. The summed E-state index contributed by atoms with van der Waals surface area (Å²) in [6, 6.07) is 0.547. The fourth-order valence-electron chi connectivity index (χ4n) is 2.99. The summed E-state index contributed by atoms with van der Waals surface area (Å²) in [6.45, 7) is 7.81. The lowest BCUT2D eigenvalue weighted by Crippen LogP contribution is -2.34. The Morgan fingerprint density at radius 3 is 2.70 bits per heavy atom. The van der Waals surface area contributed by atoms with Crippen molar-refractivity contribution < 1.29 is 0 Å². The molecular formula is C16H25N7. The Hall–Kier alpha value is -1.86. The largest absolute Gasteiger partial charge is 0.317 e. The summed E-state index contributed by atoms with van der Waals surface area (Å²) >= 11 is 0. The molecule has 7 heteroatoms. The fraction of sp³-hybridized carbons (Fsp3) is 0.625. The molecule has 2 aromatic rings. The van der Waals surface area contributed by atoms with Crippen LogP contribution in [0.2, 0.25) is 0 Å². The summed E-state index contributed by atoms with van der Waals surface area (Å²) in [5.41, 5.74) is 2.01. The van der Waals surface area contributed by atoms with Gasteiger partial charge in [0.2, 0.25) is 0 Å². The molecule has 1 atom stereocenters. The molecule has 0 radical (unpaired) electrons. The summed E-state index contributed by atoms with van der Waals surface area (Å²) in [4.78, 5) is 13.6. The van der Waals surface area contributed by atoms with Gasteiger partial charge in [0.15, 0.2) is 0 Å². The normalized spacial score (nSPS) is 18.9. The topological polar surface area (TPSA) is 63.0 Å². The first kappa shape index (κ1) is 16.0. The van der Waals surface area contributed by atoms with Crippen LogP contribution in [0, 0.1) is 13.8 Å². The number of likely N-dealkylation sites (tertiary alicyclic amines) is 1. The molecule has 1 unspecified atom stereocenters. The summed E-state index contributed by atoms with van der Waals surface area (Å²) < 4.78 is 2.06. The van der Waals surface area contributed by atoms with E-state index in [1.165, 1.54) is 6.42 Å². The number of aryl methyl sites for hydroxylation is 2. The number of aromatic nitrogens is 5. The summed E-state index contributed by atoms with van der Waals surface area (Å²) in [6.07, 6.45) is 4.90. The SMILES string of the molecule is Cc1cnc(CN2CCC(N(C)Cc3nnc(C)n3C)C2)cn1. The van der Waals surface area contributed by atoms with Gasteiger partial charge in [0.05, 0.1) is 17.9 Å². The lowest BCUT2D eigenvalue weighted by Gasteiger charge is -2.24. The first-order chi connectivity index (χ1) is 11.0. The zero-order valence-corrected chi connectivity index (χ0v) is 14.4. The highest BCUT2D eigenvalue weighted by atomic mass is 15.3. The third-order valence-electron chi connectivity index (χ3n) is 4.66. The predicted molar refractivity (Wildman–Crippen MR) is 87.7 cm³/mol. The van der Waals surface area contributed by atoms with Crippen molar-refractivity contribution in [2.45, 2.75) is 39.4 Å². The second kappa shape index (κ2) is 6.72. The Kier molecular flexibility index (Phi) is 4.68. The van der Waals surface area contributed by atoms with E-state index in [0.29, 0.717) is 6.04 Å². The standard InChI is InChI=1S/C16H25N7/c1-12-7-18-14(8-17-12)9-23-6-5-15(10-23)21(3)11-16-20-19-13(2)22(16)4/h7-8,15H,5-6,9-11H2,1-4H3. The summed E-state index contributed by atoms with van der Waals surface area (Å²) in [5.74, 6) is 1.98. The highest BCUT2D eigenvalue weighted by Crippen LogP contribution is 2.18. The van der Waals surface area contributed by atoms with Gasteiger partial charge in [-0.25, -0.2) is 0 Å². The van der Waals surface area contributed by atoms with Gasteiger partial charge in [0, 0.05) is 45.1 Å². The first-order valence-electron chi connectivity index (χ1n) is 8.08. The number of hydrogen-bond donors (Lipinski definition) is 0. The van der Waals surface area contributed by atoms with Gasteiger partial charge >= 0.3 is 0 Å². The average Bonchev–Trinajstić information content (AvgIpc) is 3.12. The molecule has 0 amide bonds. The zero-order valence-electron chi connectivity index (χ0n) is 14.4. The lowest BCUT2D eigenvalue weighted by molar-refractivity contribution is 0.216. The van der Waals surface area contributed by atoms with Crippen molar-refractivity contribution in [3.8, 4) is 0 Å². The highest BCUT2D eigenvalue weighted by molar-refractivity contribution is 5.01.